The Morgan fingerprint density at radius 1 is 1.11 bits per heavy atom. The molecule has 5 heteroatoms. The summed E-state index contributed by atoms with van der Waals surface area (Å²) in [5.41, 5.74) is 0.994. The highest BCUT2D eigenvalue weighted by Crippen LogP contribution is 2.35. The smallest absolute Gasteiger partial charge is 0.142 e. The van der Waals surface area contributed by atoms with Crippen molar-refractivity contribution < 1.29 is 13.5 Å². The van der Waals surface area contributed by atoms with Crippen molar-refractivity contribution >= 4 is 27.5 Å². The summed E-state index contributed by atoms with van der Waals surface area (Å²) < 4.78 is 32.3. The van der Waals surface area contributed by atoms with E-state index in [2.05, 4.69) is 15.9 Å². The summed E-state index contributed by atoms with van der Waals surface area (Å²) >= 11 is 8.89. The number of hydrogen-bond donors (Lipinski definition) is 0. The van der Waals surface area contributed by atoms with E-state index in [1.54, 1.807) is 31.4 Å². The van der Waals surface area contributed by atoms with Crippen LogP contribution >= 0.6 is 27.5 Å². The van der Waals surface area contributed by atoms with Gasteiger partial charge in [0.15, 0.2) is 0 Å². The first-order chi connectivity index (χ1) is 9.02. The lowest BCUT2D eigenvalue weighted by Gasteiger charge is -2.13. The van der Waals surface area contributed by atoms with E-state index in [1.807, 2.05) is 0 Å². The van der Waals surface area contributed by atoms with Crippen molar-refractivity contribution in [3.05, 3.63) is 64.2 Å². The van der Waals surface area contributed by atoms with Gasteiger partial charge in [0.25, 0.3) is 0 Å². The van der Waals surface area contributed by atoms with Crippen molar-refractivity contribution in [3.8, 4) is 5.75 Å². The molecule has 0 saturated heterocycles. The maximum Gasteiger partial charge on any atom is 0.142 e. The van der Waals surface area contributed by atoms with Crippen molar-refractivity contribution in [3.63, 3.8) is 0 Å². The highest BCUT2D eigenvalue weighted by atomic mass is 79.9. The van der Waals surface area contributed by atoms with Crippen LogP contribution in [0.2, 0.25) is 5.02 Å². The molecule has 1 nitrogen and oxygen atoms in total. The normalized spacial score (nSPS) is 12.3. The molecule has 1 atom stereocenters. The van der Waals surface area contributed by atoms with E-state index in [4.69, 9.17) is 16.3 Å². The van der Waals surface area contributed by atoms with Crippen LogP contribution in [0.4, 0.5) is 8.78 Å². The lowest BCUT2D eigenvalue weighted by molar-refractivity contribution is 0.414. The van der Waals surface area contributed by atoms with E-state index in [1.165, 1.54) is 0 Å². The van der Waals surface area contributed by atoms with Gasteiger partial charge in [0.2, 0.25) is 0 Å². The van der Waals surface area contributed by atoms with Crippen LogP contribution in [0.3, 0.4) is 0 Å². The highest BCUT2D eigenvalue weighted by Gasteiger charge is 2.17. The minimum Gasteiger partial charge on any atom is -0.497 e. The quantitative estimate of drug-likeness (QED) is 0.554. The average molecular weight is 348 g/mol. The molecule has 0 aromatic heterocycles. The number of benzene rings is 2. The van der Waals surface area contributed by atoms with E-state index in [0.29, 0.717) is 5.75 Å². The predicted molar refractivity (Wildman–Crippen MR) is 75.1 cm³/mol. The lowest BCUT2D eigenvalue weighted by Crippen LogP contribution is -1.98. The van der Waals surface area contributed by atoms with Gasteiger partial charge in [-0.15, -0.1) is 0 Å². The predicted octanol–water partition coefficient (Wildman–Crippen LogP) is 5.11. The van der Waals surface area contributed by atoms with Crippen LogP contribution in [0.25, 0.3) is 0 Å². The van der Waals surface area contributed by atoms with Crippen LogP contribution in [-0.4, -0.2) is 7.11 Å². The van der Waals surface area contributed by atoms with Crippen LogP contribution in [-0.2, 0) is 0 Å². The minimum absolute atomic E-state index is 0.201. The van der Waals surface area contributed by atoms with E-state index < -0.39 is 16.5 Å². The van der Waals surface area contributed by atoms with Crippen LogP contribution in [0, 0.1) is 11.6 Å². The molecule has 2 aromatic rings. The summed E-state index contributed by atoms with van der Waals surface area (Å²) in [4.78, 5) is -0.454. The van der Waals surface area contributed by atoms with Gasteiger partial charge >= 0.3 is 0 Å². The lowest BCUT2D eigenvalue weighted by atomic mass is 10.0. The van der Waals surface area contributed by atoms with E-state index in [-0.39, 0.29) is 10.6 Å². The molecule has 0 spiro atoms. The number of rotatable bonds is 3. The number of halogens is 4. The minimum atomic E-state index is -0.643. The summed E-state index contributed by atoms with van der Waals surface area (Å²) in [5.74, 6) is -0.494. The van der Waals surface area contributed by atoms with Gasteiger partial charge in [-0.1, -0.05) is 39.7 Å². The zero-order chi connectivity index (χ0) is 14.0. The van der Waals surface area contributed by atoms with Crippen molar-refractivity contribution in [2.45, 2.75) is 4.83 Å². The molecule has 0 aliphatic rings. The number of alkyl halides is 1. The summed E-state index contributed by atoms with van der Waals surface area (Å²) in [5, 5.41) is -0.226. The number of ether oxygens (including phenoxy) is 1. The Morgan fingerprint density at radius 2 is 1.74 bits per heavy atom. The molecule has 19 heavy (non-hydrogen) atoms. The van der Waals surface area contributed by atoms with Crippen LogP contribution < -0.4 is 4.74 Å². The Morgan fingerprint density at radius 3 is 2.32 bits per heavy atom. The highest BCUT2D eigenvalue weighted by molar-refractivity contribution is 9.09. The van der Waals surface area contributed by atoms with E-state index in [0.717, 1.165) is 17.7 Å². The van der Waals surface area contributed by atoms with Crippen LogP contribution in [0.1, 0.15) is 16.0 Å². The second kappa shape index (κ2) is 5.88. The summed E-state index contributed by atoms with van der Waals surface area (Å²) in [6, 6.07) is 9.15. The molecule has 0 N–H and O–H groups in total. The van der Waals surface area contributed by atoms with Crippen molar-refractivity contribution in [1.82, 2.24) is 0 Å². The zero-order valence-electron chi connectivity index (χ0n) is 9.96. The third-order valence-corrected chi connectivity index (χ3v) is 4.03. The monoisotopic (exact) mass is 346 g/mol. The Bertz CT molecular complexity index is 587. The first-order valence-electron chi connectivity index (χ1n) is 5.45. The maximum atomic E-state index is 13.8. The molecule has 0 aliphatic heterocycles. The maximum absolute atomic E-state index is 13.8. The average Bonchev–Trinajstić information content (AvgIpc) is 2.42. The number of methoxy groups -OCH3 is 1. The Balaban J connectivity index is 2.37. The van der Waals surface area contributed by atoms with Crippen LogP contribution in [0.5, 0.6) is 5.75 Å². The van der Waals surface area contributed by atoms with Crippen LogP contribution in [0.15, 0.2) is 36.4 Å². The van der Waals surface area contributed by atoms with Gasteiger partial charge in [0.1, 0.15) is 17.4 Å². The van der Waals surface area contributed by atoms with Gasteiger partial charge < -0.3 is 4.74 Å². The molecular formula is C14H10BrClF2O. The standard InChI is InChI=1S/C14H10BrClF2O/c1-19-9-4-2-8(3-5-9)14(15)10-6-13(18)11(16)7-12(10)17/h2-7,14H,1H3. The Hall–Kier alpha value is -1.13. The molecule has 0 saturated carbocycles. The molecule has 0 bridgehead atoms. The van der Waals surface area contributed by atoms with Crippen molar-refractivity contribution in [2.75, 3.05) is 7.11 Å². The van der Waals surface area contributed by atoms with Gasteiger partial charge in [-0.05, 0) is 29.8 Å². The SMILES string of the molecule is COc1ccc(C(Br)c2cc(F)c(Cl)cc2F)cc1. The topological polar surface area (TPSA) is 9.23 Å². The molecule has 0 aliphatic carbocycles. The molecule has 100 valence electrons. The van der Waals surface area contributed by atoms with Gasteiger partial charge in [-0.25, -0.2) is 8.78 Å². The zero-order valence-corrected chi connectivity index (χ0v) is 12.3. The third-order valence-electron chi connectivity index (χ3n) is 2.72. The molecule has 0 amide bonds. The molecule has 0 radical (unpaired) electrons. The van der Waals surface area contributed by atoms with E-state index >= 15 is 0 Å². The molecule has 2 rings (SSSR count). The van der Waals surface area contributed by atoms with Crippen molar-refractivity contribution in [1.29, 1.82) is 0 Å². The third kappa shape index (κ3) is 3.07. The fourth-order valence-corrected chi connectivity index (χ4v) is 2.49. The van der Waals surface area contributed by atoms with Gasteiger partial charge in [-0.3, -0.25) is 0 Å². The second-order valence-electron chi connectivity index (χ2n) is 3.92. The molecular weight excluding hydrogens is 338 g/mol. The molecule has 2 aromatic carbocycles. The largest absolute Gasteiger partial charge is 0.497 e. The van der Waals surface area contributed by atoms with Crippen molar-refractivity contribution in [2.24, 2.45) is 0 Å². The number of hydrogen-bond acceptors (Lipinski definition) is 1. The Labute approximate surface area is 123 Å². The summed E-state index contributed by atoms with van der Waals surface area (Å²) in [6.07, 6.45) is 0. The molecule has 0 fully saturated rings. The fraction of sp³-hybridized carbons (Fsp3) is 0.143. The summed E-state index contributed by atoms with van der Waals surface area (Å²) in [7, 11) is 1.56. The first kappa shape index (κ1) is 14.3. The summed E-state index contributed by atoms with van der Waals surface area (Å²) in [6.45, 7) is 0. The molecule has 1 unspecified atom stereocenters. The fourth-order valence-electron chi connectivity index (χ4n) is 1.68. The first-order valence-corrected chi connectivity index (χ1v) is 6.74. The van der Waals surface area contributed by atoms with Gasteiger partial charge in [-0.2, -0.15) is 0 Å². The Kier molecular flexibility index (Phi) is 4.42. The van der Waals surface area contributed by atoms with E-state index in [9.17, 15) is 8.78 Å². The van der Waals surface area contributed by atoms with Gasteiger partial charge in [0.05, 0.1) is 17.0 Å². The van der Waals surface area contributed by atoms with Gasteiger partial charge in [0, 0.05) is 5.56 Å². The molecule has 0 heterocycles. The second-order valence-corrected chi connectivity index (χ2v) is 5.25.